The molecule has 0 radical (unpaired) electrons. The van der Waals surface area contributed by atoms with Crippen molar-refractivity contribution in [3.8, 4) is 12.1 Å². The number of nitrogens with zero attached hydrogens (tertiary/aromatic N) is 7. The summed E-state index contributed by atoms with van der Waals surface area (Å²) in [5, 5.41) is 36.0. The van der Waals surface area contributed by atoms with Gasteiger partial charge in [0.05, 0.1) is 40.1 Å². The van der Waals surface area contributed by atoms with Crippen LogP contribution in [0.5, 0.6) is 0 Å². The molecule has 200 valence electrons. The molecule has 1 atom stereocenters. The fraction of sp³-hybridized carbons (Fsp3) is 0.379. The SMILES string of the molecule is Cc1nc(F)ccc1[C@H](Nc1cc(C#N)c2ncc(C#N)c(NCC(C)(C)C)c2c1)c1cn(C(C)(C)C)nn1. The highest BCUT2D eigenvalue weighted by atomic mass is 19.1. The van der Waals surface area contributed by atoms with Crippen LogP contribution in [0.4, 0.5) is 15.8 Å². The molecular weight excluding hydrogens is 493 g/mol. The van der Waals surface area contributed by atoms with Gasteiger partial charge in [0.2, 0.25) is 5.95 Å². The number of nitriles is 2. The van der Waals surface area contributed by atoms with Crippen molar-refractivity contribution in [1.82, 2.24) is 25.0 Å². The minimum Gasteiger partial charge on any atom is -0.383 e. The molecule has 0 amide bonds. The Kier molecular flexibility index (Phi) is 7.25. The smallest absolute Gasteiger partial charge is 0.213 e. The molecule has 3 heterocycles. The minimum atomic E-state index is -0.574. The average Bonchev–Trinajstić information content (AvgIpc) is 3.36. The fourth-order valence-corrected chi connectivity index (χ4v) is 4.16. The van der Waals surface area contributed by atoms with Crippen LogP contribution in [0.2, 0.25) is 0 Å². The summed E-state index contributed by atoms with van der Waals surface area (Å²) < 4.78 is 15.7. The zero-order valence-corrected chi connectivity index (χ0v) is 23.3. The van der Waals surface area contributed by atoms with Crippen LogP contribution in [-0.4, -0.2) is 31.5 Å². The Bertz CT molecular complexity index is 1610. The Hall–Kier alpha value is -4.57. The number of fused-ring (bicyclic) bond motifs is 1. The number of rotatable bonds is 6. The number of pyridine rings is 2. The van der Waals surface area contributed by atoms with Crippen molar-refractivity contribution in [2.45, 2.75) is 60.0 Å². The van der Waals surface area contributed by atoms with Gasteiger partial charge in [0.1, 0.15) is 17.8 Å². The molecule has 0 spiro atoms. The third-order valence-corrected chi connectivity index (χ3v) is 6.22. The average molecular weight is 526 g/mol. The van der Waals surface area contributed by atoms with Crippen LogP contribution in [0.1, 0.15) is 75.7 Å². The highest BCUT2D eigenvalue weighted by molar-refractivity contribution is 5.99. The molecule has 10 heteroatoms. The maximum absolute atomic E-state index is 13.9. The van der Waals surface area contributed by atoms with Gasteiger partial charge in [-0.25, -0.2) is 9.67 Å². The Morgan fingerprint density at radius 1 is 1.05 bits per heavy atom. The number of benzene rings is 1. The first-order chi connectivity index (χ1) is 18.3. The van der Waals surface area contributed by atoms with Crippen molar-refractivity contribution in [1.29, 1.82) is 10.5 Å². The molecule has 0 bridgehead atoms. The number of anilines is 2. The Balaban J connectivity index is 1.88. The van der Waals surface area contributed by atoms with E-state index in [2.05, 4.69) is 63.8 Å². The summed E-state index contributed by atoms with van der Waals surface area (Å²) in [6.07, 6.45) is 3.33. The maximum atomic E-state index is 13.9. The highest BCUT2D eigenvalue weighted by Gasteiger charge is 2.25. The van der Waals surface area contributed by atoms with Crippen molar-refractivity contribution in [2.75, 3.05) is 17.2 Å². The van der Waals surface area contributed by atoms with Crippen LogP contribution in [0.15, 0.2) is 36.7 Å². The van der Waals surface area contributed by atoms with Gasteiger partial charge < -0.3 is 10.6 Å². The van der Waals surface area contributed by atoms with Crippen LogP contribution < -0.4 is 10.6 Å². The van der Waals surface area contributed by atoms with Gasteiger partial charge in [0.25, 0.3) is 0 Å². The summed E-state index contributed by atoms with van der Waals surface area (Å²) >= 11 is 0. The first-order valence-corrected chi connectivity index (χ1v) is 12.6. The summed E-state index contributed by atoms with van der Waals surface area (Å²) in [6, 6.07) is 10.5. The normalized spacial score (nSPS) is 12.6. The standard InChI is InChI=1S/C29H32FN9/c1-17-21(8-9-24(30)35-17)27(23-15-39(38-37-23)29(5,6)7)36-20-10-18(12-31)25-22(11-20)26(19(13-32)14-33-25)34-16-28(2,3)4/h8-11,14-15,27,36H,16H2,1-7H3,(H,33,34)/t27-/m0/s1. The first-order valence-electron chi connectivity index (χ1n) is 12.6. The molecule has 1 aromatic carbocycles. The van der Waals surface area contributed by atoms with Gasteiger partial charge in [-0.15, -0.1) is 5.10 Å². The minimum absolute atomic E-state index is 0.0483. The van der Waals surface area contributed by atoms with E-state index in [1.165, 1.54) is 12.3 Å². The molecule has 4 rings (SSSR count). The quantitative estimate of drug-likeness (QED) is 0.301. The van der Waals surface area contributed by atoms with E-state index >= 15 is 0 Å². The lowest BCUT2D eigenvalue weighted by Gasteiger charge is -2.23. The molecule has 0 unspecified atom stereocenters. The first kappa shape index (κ1) is 27.5. The van der Waals surface area contributed by atoms with Gasteiger partial charge in [-0.3, -0.25) is 4.98 Å². The number of aromatic nitrogens is 5. The van der Waals surface area contributed by atoms with E-state index in [-0.39, 0.29) is 11.0 Å². The second-order valence-corrected chi connectivity index (χ2v) is 11.7. The summed E-state index contributed by atoms with van der Waals surface area (Å²) in [5.41, 5.74) is 3.93. The lowest BCUT2D eigenvalue weighted by atomic mass is 9.96. The van der Waals surface area contributed by atoms with E-state index in [1.54, 1.807) is 23.7 Å². The van der Waals surface area contributed by atoms with Crippen LogP contribution in [0.3, 0.4) is 0 Å². The number of aryl methyl sites for hydroxylation is 1. The van der Waals surface area contributed by atoms with Gasteiger partial charge in [-0.1, -0.05) is 32.1 Å². The second-order valence-electron chi connectivity index (χ2n) is 11.7. The molecule has 2 N–H and O–H groups in total. The predicted molar refractivity (Wildman–Crippen MR) is 149 cm³/mol. The third kappa shape index (κ3) is 5.96. The van der Waals surface area contributed by atoms with E-state index in [1.807, 2.05) is 33.0 Å². The van der Waals surface area contributed by atoms with E-state index < -0.39 is 12.0 Å². The van der Waals surface area contributed by atoms with Crippen LogP contribution in [0, 0.1) is 40.9 Å². The molecule has 3 aromatic heterocycles. The highest BCUT2D eigenvalue weighted by Crippen LogP contribution is 2.34. The van der Waals surface area contributed by atoms with Crippen LogP contribution in [-0.2, 0) is 5.54 Å². The Labute approximate surface area is 227 Å². The molecule has 4 aromatic rings. The van der Waals surface area contributed by atoms with Gasteiger partial charge in [-0.05, 0) is 51.3 Å². The molecule has 0 fully saturated rings. The van der Waals surface area contributed by atoms with Crippen molar-refractivity contribution in [2.24, 2.45) is 5.41 Å². The fourth-order valence-electron chi connectivity index (χ4n) is 4.16. The van der Waals surface area contributed by atoms with Crippen LogP contribution >= 0.6 is 0 Å². The zero-order chi connectivity index (χ0) is 28.5. The van der Waals surface area contributed by atoms with Gasteiger partial charge in [0, 0.05) is 35.1 Å². The monoisotopic (exact) mass is 525 g/mol. The van der Waals surface area contributed by atoms with Crippen LogP contribution in [0.25, 0.3) is 10.9 Å². The number of hydrogen-bond donors (Lipinski definition) is 2. The van der Waals surface area contributed by atoms with Gasteiger partial charge >= 0.3 is 0 Å². The lowest BCUT2D eigenvalue weighted by molar-refractivity contribution is 0.347. The number of nitrogens with one attached hydrogen (secondary N) is 2. The topological polar surface area (TPSA) is 128 Å². The summed E-state index contributed by atoms with van der Waals surface area (Å²) in [7, 11) is 0. The largest absolute Gasteiger partial charge is 0.383 e. The number of hydrogen-bond acceptors (Lipinski definition) is 8. The summed E-state index contributed by atoms with van der Waals surface area (Å²) in [4.78, 5) is 8.44. The molecule has 0 saturated carbocycles. The van der Waals surface area contributed by atoms with Crippen molar-refractivity contribution in [3.63, 3.8) is 0 Å². The van der Waals surface area contributed by atoms with E-state index in [0.717, 1.165) is 0 Å². The molecule has 0 saturated heterocycles. The molecule has 0 aliphatic rings. The molecule has 0 aliphatic carbocycles. The van der Waals surface area contributed by atoms with Gasteiger partial charge in [-0.2, -0.15) is 14.9 Å². The van der Waals surface area contributed by atoms with Crippen molar-refractivity contribution in [3.05, 3.63) is 70.7 Å². The van der Waals surface area contributed by atoms with Crippen molar-refractivity contribution < 1.29 is 4.39 Å². The predicted octanol–water partition coefficient (Wildman–Crippen LogP) is 5.83. The molecule has 9 nitrogen and oxygen atoms in total. The van der Waals surface area contributed by atoms with E-state index in [9.17, 15) is 14.9 Å². The molecular formula is C29H32FN9. The lowest BCUT2D eigenvalue weighted by Crippen LogP contribution is -2.22. The van der Waals surface area contributed by atoms with Gasteiger partial charge in [0.15, 0.2) is 0 Å². The van der Waals surface area contributed by atoms with E-state index in [4.69, 9.17) is 0 Å². The summed E-state index contributed by atoms with van der Waals surface area (Å²) in [5.74, 6) is -0.574. The Morgan fingerprint density at radius 3 is 2.36 bits per heavy atom. The molecule has 39 heavy (non-hydrogen) atoms. The molecule has 0 aliphatic heterocycles. The maximum Gasteiger partial charge on any atom is 0.213 e. The number of halogens is 1. The second kappa shape index (κ2) is 10.3. The Morgan fingerprint density at radius 2 is 1.77 bits per heavy atom. The summed E-state index contributed by atoms with van der Waals surface area (Å²) in [6.45, 7) is 14.7. The third-order valence-electron chi connectivity index (χ3n) is 6.22. The zero-order valence-electron chi connectivity index (χ0n) is 23.3. The van der Waals surface area contributed by atoms with E-state index in [0.29, 0.717) is 56.9 Å². The van der Waals surface area contributed by atoms with Crippen molar-refractivity contribution >= 4 is 22.3 Å².